The third-order valence-corrected chi connectivity index (χ3v) is 4.10. The standard InChI is InChI=1S/C17H20N2O3S/c1-13(20)18-6-7-19(11-15-5-8-23-12-15)10-14-3-2-4-16(9-14)17(21)22/h2-5,8-9,12H,6-7,10-11H2,1H3,(H,18,20)(H,21,22). The van der Waals surface area contributed by atoms with Crippen LogP contribution in [0, 0.1) is 0 Å². The van der Waals surface area contributed by atoms with Crippen molar-refractivity contribution in [3.8, 4) is 0 Å². The molecule has 0 saturated heterocycles. The van der Waals surface area contributed by atoms with Gasteiger partial charge in [-0.25, -0.2) is 4.79 Å². The molecule has 1 heterocycles. The molecule has 0 aliphatic carbocycles. The number of benzene rings is 1. The van der Waals surface area contributed by atoms with Gasteiger partial charge in [-0.05, 0) is 40.1 Å². The zero-order chi connectivity index (χ0) is 16.7. The molecule has 122 valence electrons. The number of carbonyl (C=O) groups is 2. The Hall–Kier alpha value is -2.18. The van der Waals surface area contributed by atoms with Gasteiger partial charge in [0.1, 0.15) is 0 Å². The molecule has 1 aromatic carbocycles. The van der Waals surface area contributed by atoms with Gasteiger partial charge < -0.3 is 10.4 Å². The monoisotopic (exact) mass is 332 g/mol. The number of amides is 1. The molecule has 23 heavy (non-hydrogen) atoms. The molecule has 0 atom stereocenters. The number of hydrogen-bond donors (Lipinski definition) is 2. The van der Waals surface area contributed by atoms with E-state index in [4.69, 9.17) is 5.11 Å². The predicted octanol–water partition coefficient (Wildman–Crippen LogP) is 2.58. The van der Waals surface area contributed by atoms with Crippen LogP contribution in [0.2, 0.25) is 0 Å². The van der Waals surface area contributed by atoms with Gasteiger partial charge in [0.25, 0.3) is 0 Å². The van der Waals surface area contributed by atoms with E-state index in [1.54, 1.807) is 29.5 Å². The van der Waals surface area contributed by atoms with Gasteiger partial charge >= 0.3 is 5.97 Å². The number of rotatable bonds is 8. The Morgan fingerprint density at radius 2 is 2.00 bits per heavy atom. The first kappa shape index (κ1) is 17.2. The van der Waals surface area contributed by atoms with E-state index >= 15 is 0 Å². The molecule has 2 rings (SSSR count). The largest absolute Gasteiger partial charge is 0.478 e. The lowest BCUT2D eigenvalue weighted by Crippen LogP contribution is -2.33. The van der Waals surface area contributed by atoms with Crippen molar-refractivity contribution in [2.24, 2.45) is 0 Å². The number of thiophene rings is 1. The van der Waals surface area contributed by atoms with E-state index in [9.17, 15) is 9.59 Å². The molecule has 0 fully saturated rings. The molecule has 6 heteroatoms. The maximum atomic E-state index is 11.1. The van der Waals surface area contributed by atoms with Crippen molar-refractivity contribution in [1.82, 2.24) is 10.2 Å². The van der Waals surface area contributed by atoms with Gasteiger partial charge in [-0.3, -0.25) is 9.69 Å². The lowest BCUT2D eigenvalue weighted by molar-refractivity contribution is -0.119. The second kappa shape index (κ2) is 8.45. The van der Waals surface area contributed by atoms with Gasteiger partial charge in [-0.15, -0.1) is 0 Å². The van der Waals surface area contributed by atoms with Crippen LogP contribution in [-0.2, 0) is 17.9 Å². The first-order chi connectivity index (χ1) is 11.0. The zero-order valence-corrected chi connectivity index (χ0v) is 13.8. The van der Waals surface area contributed by atoms with Gasteiger partial charge in [-0.2, -0.15) is 11.3 Å². The normalized spacial score (nSPS) is 10.7. The lowest BCUT2D eigenvalue weighted by atomic mass is 10.1. The second-order valence-corrected chi connectivity index (χ2v) is 6.11. The van der Waals surface area contributed by atoms with Crippen molar-refractivity contribution >= 4 is 23.2 Å². The van der Waals surface area contributed by atoms with E-state index in [0.29, 0.717) is 25.2 Å². The Morgan fingerprint density at radius 1 is 1.22 bits per heavy atom. The minimum Gasteiger partial charge on any atom is -0.478 e. The van der Waals surface area contributed by atoms with Crippen LogP contribution in [-0.4, -0.2) is 35.0 Å². The van der Waals surface area contributed by atoms with Crippen molar-refractivity contribution in [3.63, 3.8) is 0 Å². The van der Waals surface area contributed by atoms with Crippen LogP contribution in [0.3, 0.4) is 0 Å². The summed E-state index contributed by atoms with van der Waals surface area (Å²) in [5.74, 6) is -0.970. The van der Waals surface area contributed by atoms with Crippen molar-refractivity contribution in [3.05, 3.63) is 57.8 Å². The number of carboxylic acids is 1. The molecule has 2 N–H and O–H groups in total. The molecule has 0 spiro atoms. The molecule has 1 amide bonds. The van der Waals surface area contributed by atoms with Gasteiger partial charge in [-0.1, -0.05) is 12.1 Å². The quantitative estimate of drug-likeness (QED) is 0.779. The molecule has 0 unspecified atom stereocenters. The fourth-order valence-electron chi connectivity index (χ4n) is 2.31. The molecular weight excluding hydrogens is 312 g/mol. The van der Waals surface area contributed by atoms with Gasteiger partial charge in [0.05, 0.1) is 5.56 Å². The number of hydrogen-bond acceptors (Lipinski definition) is 4. The van der Waals surface area contributed by atoms with E-state index in [1.165, 1.54) is 12.5 Å². The molecule has 1 aromatic heterocycles. The minimum absolute atomic E-state index is 0.0478. The summed E-state index contributed by atoms with van der Waals surface area (Å²) in [6.45, 7) is 4.17. The number of nitrogens with one attached hydrogen (secondary N) is 1. The highest BCUT2D eigenvalue weighted by Crippen LogP contribution is 2.13. The fraction of sp³-hybridized carbons (Fsp3) is 0.294. The van der Waals surface area contributed by atoms with Crippen LogP contribution in [0.25, 0.3) is 0 Å². The maximum absolute atomic E-state index is 11.1. The first-order valence-corrected chi connectivity index (χ1v) is 8.29. The van der Waals surface area contributed by atoms with E-state index in [0.717, 1.165) is 12.1 Å². The highest BCUT2D eigenvalue weighted by atomic mass is 32.1. The predicted molar refractivity (Wildman–Crippen MR) is 90.5 cm³/mol. The third kappa shape index (κ3) is 5.84. The van der Waals surface area contributed by atoms with E-state index < -0.39 is 5.97 Å². The van der Waals surface area contributed by atoms with E-state index in [-0.39, 0.29) is 5.91 Å². The van der Waals surface area contributed by atoms with Crippen LogP contribution < -0.4 is 5.32 Å². The topological polar surface area (TPSA) is 69.6 Å². The summed E-state index contributed by atoms with van der Waals surface area (Å²) >= 11 is 1.65. The summed E-state index contributed by atoms with van der Waals surface area (Å²) < 4.78 is 0. The van der Waals surface area contributed by atoms with Crippen molar-refractivity contribution in [1.29, 1.82) is 0 Å². The maximum Gasteiger partial charge on any atom is 0.335 e. The summed E-state index contributed by atoms with van der Waals surface area (Å²) in [6, 6.07) is 9.04. The van der Waals surface area contributed by atoms with Crippen molar-refractivity contribution in [2.45, 2.75) is 20.0 Å². The third-order valence-electron chi connectivity index (χ3n) is 3.37. The van der Waals surface area contributed by atoms with Crippen LogP contribution in [0.5, 0.6) is 0 Å². The molecule has 5 nitrogen and oxygen atoms in total. The number of nitrogens with zero attached hydrogens (tertiary/aromatic N) is 1. The molecule has 0 aliphatic heterocycles. The Morgan fingerprint density at radius 3 is 2.65 bits per heavy atom. The Balaban J connectivity index is 2.04. The highest BCUT2D eigenvalue weighted by molar-refractivity contribution is 7.07. The second-order valence-electron chi connectivity index (χ2n) is 5.33. The number of carbonyl (C=O) groups excluding carboxylic acids is 1. The summed E-state index contributed by atoms with van der Waals surface area (Å²) in [7, 11) is 0. The van der Waals surface area contributed by atoms with Crippen LogP contribution in [0.15, 0.2) is 41.1 Å². The number of carboxylic acid groups (broad SMARTS) is 1. The van der Waals surface area contributed by atoms with Crippen LogP contribution in [0.1, 0.15) is 28.4 Å². The summed E-state index contributed by atoms with van der Waals surface area (Å²) in [6.07, 6.45) is 0. The smallest absolute Gasteiger partial charge is 0.335 e. The van der Waals surface area contributed by atoms with Gasteiger partial charge in [0, 0.05) is 33.1 Å². The molecule has 0 radical (unpaired) electrons. The zero-order valence-electron chi connectivity index (χ0n) is 13.0. The van der Waals surface area contributed by atoms with Gasteiger partial charge in [0.2, 0.25) is 5.91 Å². The SMILES string of the molecule is CC(=O)NCCN(Cc1ccsc1)Cc1cccc(C(=O)O)c1. The molecule has 0 saturated carbocycles. The number of aromatic carboxylic acids is 1. The van der Waals surface area contributed by atoms with E-state index in [2.05, 4.69) is 21.7 Å². The average molecular weight is 332 g/mol. The molecule has 0 aliphatic rings. The van der Waals surface area contributed by atoms with Crippen molar-refractivity contribution < 1.29 is 14.7 Å². The van der Waals surface area contributed by atoms with Gasteiger partial charge in [0.15, 0.2) is 0 Å². The molecule has 2 aromatic rings. The summed E-state index contributed by atoms with van der Waals surface area (Å²) in [5.41, 5.74) is 2.45. The van der Waals surface area contributed by atoms with Crippen LogP contribution >= 0.6 is 11.3 Å². The molecular formula is C17H20N2O3S. The Kier molecular flexibility index (Phi) is 6.31. The fourth-order valence-corrected chi connectivity index (χ4v) is 2.97. The highest BCUT2D eigenvalue weighted by Gasteiger charge is 2.10. The average Bonchev–Trinajstić information content (AvgIpc) is 3.00. The van der Waals surface area contributed by atoms with E-state index in [1.807, 2.05) is 11.4 Å². The van der Waals surface area contributed by atoms with Crippen molar-refractivity contribution in [2.75, 3.05) is 13.1 Å². The first-order valence-electron chi connectivity index (χ1n) is 7.34. The lowest BCUT2D eigenvalue weighted by Gasteiger charge is -2.22. The summed E-state index contributed by atoms with van der Waals surface area (Å²) in [4.78, 5) is 24.3. The molecule has 0 bridgehead atoms. The summed E-state index contributed by atoms with van der Waals surface area (Å²) in [5, 5.41) is 16.0. The minimum atomic E-state index is -0.922. The van der Waals surface area contributed by atoms with Crippen LogP contribution in [0.4, 0.5) is 0 Å². The Bertz CT molecular complexity index is 656. The Labute approximate surface area is 139 Å².